The first kappa shape index (κ1) is 20.1. The van der Waals surface area contributed by atoms with Crippen molar-refractivity contribution in [3.63, 3.8) is 0 Å². The maximum absolute atomic E-state index is 12.4. The lowest BCUT2D eigenvalue weighted by atomic mass is 9.85. The molecule has 26 heavy (non-hydrogen) atoms. The van der Waals surface area contributed by atoms with Gasteiger partial charge in [0.25, 0.3) is 0 Å². The molecule has 0 bridgehead atoms. The molecule has 1 heterocycles. The Labute approximate surface area is 158 Å². The van der Waals surface area contributed by atoms with Crippen molar-refractivity contribution in [3.8, 4) is 12.3 Å². The highest BCUT2D eigenvalue weighted by atomic mass is 35.5. The Morgan fingerprint density at radius 3 is 2.42 bits per heavy atom. The molecule has 0 spiro atoms. The van der Waals surface area contributed by atoms with Gasteiger partial charge in [-0.2, -0.15) is 0 Å². The van der Waals surface area contributed by atoms with Gasteiger partial charge in [0.15, 0.2) is 0 Å². The molecule has 1 N–H and O–H groups in total. The molecule has 2 rings (SSSR count). The summed E-state index contributed by atoms with van der Waals surface area (Å²) in [5, 5.41) is 10.1. The lowest BCUT2D eigenvalue weighted by Crippen LogP contribution is -2.52. The first-order chi connectivity index (χ1) is 12.2. The molecule has 6 nitrogen and oxygen atoms in total. The number of carbonyl (C=O) groups is 2. The second-order valence-electron chi connectivity index (χ2n) is 7.16. The molecular formula is C19H23ClN2O4. The quantitative estimate of drug-likeness (QED) is 0.815. The number of morpholine rings is 1. The van der Waals surface area contributed by atoms with Crippen LogP contribution in [0, 0.1) is 17.8 Å². The maximum Gasteiger partial charge on any atom is 0.327 e. The van der Waals surface area contributed by atoms with Gasteiger partial charge in [0.05, 0.1) is 23.9 Å². The first-order valence-electron chi connectivity index (χ1n) is 8.31. The van der Waals surface area contributed by atoms with Gasteiger partial charge in [0, 0.05) is 18.8 Å². The van der Waals surface area contributed by atoms with E-state index in [-0.39, 0.29) is 0 Å². The average molecular weight is 379 g/mol. The third-order valence-corrected chi connectivity index (χ3v) is 4.52. The number of carboxylic acids is 1. The van der Waals surface area contributed by atoms with Crippen molar-refractivity contribution in [3.05, 3.63) is 23.2 Å². The van der Waals surface area contributed by atoms with E-state index >= 15 is 0 Å². The summed E-state index contributed by atoms with van der Waals surface area (Å²) in [6.45, 7) is 7.89. The molecule has 1 atom stereocenters. The summed E-state index contributed by atoms with van der Waals surface area (Å²) < 4.78 is 5.34. The number of hydrogen-bond acceptors (Lipinski definition) is 4. The number of ether oxygens (including phenoxy) is 1. The van der Waals surface area contributed by atoms with Crippen LogP contribution in [0.1, 0.15) is 20.8 Å². The smallest absolute Gasteiger partial charge is 0.327 e. The van der Waals surface area contributed by atoms with Crippen LogP contribution < -0.4 is 9.80 Å². The van der Waals surface area contributed by atoms with Crippen LogP contribution in [0.2, 0.25) is 5.02 Å². The summed E-state index contributed by atoms with van der Waals surface area (Å²) >= 11 is 6.43. The molecule has 1 aliphatic heterocycles. The average Bonchev–Trinajstić information content (AvgIpc) is 2.58. The molecular weight excluding hydrogens is 356 g/mol. The van der Waals surface area contributed by atoms with Crippen LogP contribution in [0.25, 0.3) is 0 Å². The Balaban J connectivity index is 2.46. The van der Waals surface area contributed by atoms with Crippen molar-refractivity contribution in [1.82, 2.24) is 0 Å². The number of carboxylic acid groups (broad SMARTS) is 1. The monoisotopic (exact) mass is 378 g/mol. The molecule has 0 saturated carbocycles. The molecule has 0 radical (unpaired) electrons. The van der Waals surface area contributed by atoms with E-state index < -0.39 is 23.3 Å². The van der Waals surface area contributed by atoms with Crippen molar-refractivity contribution in [2.24, 2.45) is 5.41 Å². The number of amides is 1. The topological polar surface area (TPSA) is 70.1 Å². The number of anilines is 2. The van der Waals surface area contributed by atoms with E-state index in [0.29, 0.717) is 37.0 Å². The zero-order valence-electron chi connectivity index (χ0n) is 15.2. The Bertz CT molecular complexity index is 730. The number of aliphatic carboxylic acids is 1. The molecule has 0 aliphatic carbocycles. The molecule has 1 fully saturated rings. The van der Waals surface area contributed by atoms with E-state index in [2.05, 4.69) is 4.90 Å². The number of nitrogens with zero attached hydrogens (tertiary/aromatic N) is 2. The van der Waals surface area contributed by atoms with Gasteiger partial charge in [-0.3, -0.25) is 9.69 Å². The fourth-order valence-electron chi connectivity index (χ4n) is 3.03. The van der Waals surface area contributed by atoms with Gasteiger partial charge < -0.3 is 14.7 Å². The van der Waals surface area contributed by atoms with E-state index in [0.717, 1.165) is 10.6 Å². The normalized spacial score (nSPS) is 15.9. The van der Waals surface area contributed by atoms with E-state index in [4.69, 9.17) is 22.8 Å². The Morgan fingerprint density at radius 1 is 1.35 bits per heavy atom. The van der Waals surface area contributed by atoms with Crippen molar-refractivity contribution in [1.29, 1.82) is 0 Å². The van der Waals surface area contributed by atoms with Crippen LogP contribution in [-0.2, 0) is 14.3 Å². The Kier molecular flexibility index (Phi) is 6.17. The van der Waals surface area contributed by atoms with Crippen LogP contribution >= 0.6 is 11.6 Å². The summed E-state index contributed by atoms with van der Waals surface area (Å²) in [7, 11) is 0. The molecule has 1 saturated heterocycles. The number of carbonyl (C=O) groups excluding carboxylic acids is 1. The Morgan fingerprint density at radius 2 is 1.96 bits per heavy atom. The summed E-state index contributed by atoms with van der Waals surface area (Å²) in [6, 6.07) is 3.91. The van der Waals surface area contributed by atoms with Crippen LogP contribution in [-0.4, -0.2) is 49.3 Å². The number of terminal acetylenes is 1. The second-order valence-corrected chi connectivity index (χ2v) is 7.57. The van der Waals surface area contributed by atoms with Gasteiger partial charge in [0.2, 0.25) is 0 Å². The highest BCUT2D eigenvalue weighted by molar-refractivity contribution is 6.33. The summed E-state index contributed by atoms with van der Waals surface area (Å²) in [5.74, 6) is 0.172. The molecule has 1 aromatic rings. The predicted molar refractivity (Wildman–Crippen MR) is 102 cm³/mol. The maximum atomic E-state index is 12.4. The fraction of sp³-hybridized carbons (Fsp3) is 0.474. The number of benzene rings is 1. The SMILES string of the molecule is C#CC(=O)N(c1ccc(N2CCOCC2)c(Cl)c1)C(C(=O)O)C(C)(C)C. The minimum absolute atomic E-state index is 0.359. The van der Waals surface area contributed by atoms with Gasteiger partial charge in [-0.05, 0) is 29.5 Å². The van der Waals surface area contributed by atoms with E-state index in [1.165, 1.54) is 0 Å². The third-order valence-electron chi connectivity index (χ3n) is 4.22. The highest BCUT2D eigenvalue weighted by Gasteiger charge is 2.40. The number of rotatable bonds is 4. The Hall–Kier alpha value is -2.23. The van der Waals surface area contributed by atoms with Crippen LogP contribution in [0.4, 0.5) is 11.4 Å². The first-order valence-corrected chi connectivity index (χ1v) is 8.69. The second kappa shape index (κ2) is 7.98. The molecule has 1 aliphatic rings. The lowest BCUT2D eigenvalue weighted by molar-refractivity contribution is -0.142. The number of hydrogen-bond donors (Lipinski definition) is 1. The van der Waals surface area contributed by atoms with Crippen molar-refractivity contribution in [2.75, 3.05) is 36.1 Å². The van der Waals surface area contributed by atoms with Gasteiger partial charge >= 0.3 is 11.9 Å². The minimum atomic E-state index is -1.13. The van der Waals surface area contributed by atoms with Gasteiger partial charge in [-0.15, -0.1) is 6.42 Å². The van der Waals surface area contributed by atoms with E-state index in [9.17, 15) is 14.7 Å². The van der Waals surface area contributed by atoms with Gasteiger partial charge in [0.1, 0.15) is 6.04 Å². The zero-order valence-corrected chi connectivity index (χ0v) is 15.9. The van der Waals surface area contributed by atoms with Crippen LogP contribution in [0.15, 0.2) is 18.2 Å². The summed E-state index contributed by atoms with van der Waals surface area (Å²) in [6.07, 6.45) is 5.29. The molecule has 1 unspecified atom stereocenters. The summed E-state index contributed by atoms with van der Waals surface area (Å²) in [4.78, 5) is 27.4. The number of halogens is 1. The lowest BCUT2D eigenvalue weighted by Gasteiger charge is -2.36. The molecule has 1 aromatic carbocycles. The fourth-order valence-corrected chi connectivity index (χ4v) is 3.32. The van der Waals surface area contributed by atoms with Gasteiger partial charge in [-0.25, -0.2) is 4.79 Å². The van der Waals surface area contributed by atoms with Crippen molar-refractivity contribution < 1.29 is 19.4 Å². The summed E-state index contributed by atoms with van der Waals surface area (Å²) in [5.41, 5.74) is 0.444. The van der Waals surface area contributed by atoms with E-state index in [1.54, 1.807) is 39.0 Å². The van der Waals surface area contributed by atoms with Crippen LogP contribution in [0.3, 0.4) is 0 Å². The molecule has 0 aromatic heterocycles. The molecule has 7 heteroatoms. The van der Waals surface area contributed by atoms with Crippen LogP contribution in [0.5, 0.6) is 0 Å². The highest BCUT2D eigenvalue weighted by Crippen LogP contribution is 2.35. The largest absolute Gasteiger partial charge is 0.480 e. The third kappa shape index (κ3) is 4.29. The van der Waals surface area contributed by atoms with E-state index in [1.807, 2.05) is 5.92 Å². The molecule has 1 amide bonds. The standard InChI is InChI=1S/C19H23ClN2O4/c1-5-16(23)22(17(18(24)25)19(2,3)4)13-6-7-15(14(20)12-13)21-8-10-26-11-9-21/h1,6-7,12,17H,8-11H2,2-4H3,(H,24,25). The predicted octanol–water partition coefficient (Wildman–Crippen LogP) is 2.64. The van der Waals surface area contributed by atoms with Crippen molar-refractivity contribution >= 4 is 34.9 Å². The van der Waals surface area contributed by atoms with Gasteiger partial charge in [-0.1, -0.05) is 32.4 Å². The minimum Gasteiger partial charge on any atom is -0.480 e. The van der Waals surface area contributed by atoms with Crippen molar-refractivity contribution in [2.45, 2.75) is 26.8 Å². The zero-order chi connectivity index (χ0) is 19.5. The molecule has 140 valence electrons.